The topological polar surface area (TPSA) is 55.6 Å². The van der Waals surface area contributed by atoms with Crippen molar-refractivity contribution in [2.24, 2.45) is 5.73 Å². The number of methoxy groups -OCH3 is 1. The summed E-state index contributed by atoms with van der Waals surface area (Å²) in [7, 11) is 1.65. The zero-order valence-corrected chi connectivity index (χ0v) is 6.04. The standard InChI is InChI=1S/C6H12N2O2/c1-10-5-2-3-8(4-5)6(7)9/h5H,2-4H2,1H3,(H2,7,9)/t5-/m0/s1. The summed E-state index contributed by atoms with van der Waals surface area (Å²) in [6, 6.07) is -0.348. The third kappa shape index (κ3) is 1.39. The quantitative estimate of drug-likeness (QED) is 0.553. The number of ether oxygens (including phenoxy) is 1. The number of amides is 2. The van der Waals surface area contributed by atoms with Gasteiger partial charge in [-0.2, -0.15) is 0 Å². The Morgan fingerprint density at radius 2 is 2.50 bits per heavy atom. The number of hydrogen-bond acceptors (Lipinski definition) is 2. The lowest BCUT2D eigenvalue weighted by Gasteiger charge is -2.11. The number of hydrogen-bond donors (Lipinski definition) is 1. The second-order valence-electron chi connectivity index (χ2n) is 2.43. The zero-order valence-electron chi connectivity index (χ0n) is 6.04. The first-order valence-corrected chi connectivity index (χ1v) is 3.31. The molecule has 0 spiro atoms. The fraction of sp³-hybridized carbons (Fsp3) is 0.833. The summed E-state index contributed by atoms with van der Waals surface area (Å²) in [5, 5.41) is 0. The van der Waals surface area contributed by atoms with Crippen molar-refractivity contribution < 1.29 is 9.53 Å². The molecule has 0 aromatic carbocycles. The predicted octanol–water partition coefficient (Wildman–Crippen LogP) is -0.214. The minimum absolute atomic E-state index is 0.187. The minimum atomic E-state index is -0.348. The number of primary amides is 1. The molecule has 0 aliphatic carbocycles. The average molecular weight is 144 g/mol. The number of nitrogens with two attached hydrogens (primary N) is 1. The molecule has 1 saturated heterocycles. The van der Waals surface area contributed by atoms with Gasteiger partial charge in [-0.3, -0.25) is 0 Å². The van der Waals surface area contributed by atoms with Crippen molar-refractivity contribution >= 4 is 6.03 Å². The van der Waals surface area contributed by atoms with Crippen molar-refractivity contribution in [3.05, 3.63) is 0 Å². The molecule has 4 nitrogen and oxygen atoms in total. The number of likely N-dealkylation sites (tertiary alicyclic amines) is 1. The van der Waals surface area contributed by atoms with Gasteiger partial charge in [0.2, 0.25) is 0 Å². The molecule has 1 aliphatic heterocycles. The van der Waals surface area contributed by atoms with E-state index in [9.17, 15) is 4.79 Å². The van der Waals surface area contributed by atoms with Gasteiger partial charge in [0.25, 0.3) is 0 Å². The first kappa shape index (κ1) is 7.34. The van der Waals surface area contributed by atoms with Gasteiger partial charge in [0.1, 0.15) is 0 Å². The number of carbonyl (C=O) groups excluding carboxylic acids is 1. The Balaban J connectivity index is 2.35. The fourth-order valence-electron chi connectivity index (χ4n) is 1.12. The first-order valence-electron chi connectivity index (χ1n) is 3.31. The molecule has 4 heteroatoms. The van der Waals surface area contributed by atoms with Gasteiger partial charge < -0.3 is 15.4 Å². The van der Waals surface area contributed by atoms with Crippen molar-refractivity contribution in [3.63, 3.8) is 0 Å². The van der Waals surface area contributed by atoms with E-state index in [0.717, 1.165) is 13.0 Å². The molecule has 0 saturated carbocycles. The molecule has 0 bridgehead atoms. The van der Waals surface area contributed by atoms with Gasteiger partial charge in [0, 0.05) is 20.2 Å². The van der Waals surface area contributed by atoms with Crippen LogP contribution in [0.3, 0.4) is 0 Å². The highest BCUT2D eigenvalue weighted by molar-refractivity contribution is 5.72. The van der Waals surface area contributed by atoms with Crippen LogP contribution in [-0.4, -0.2) is 37.2 Å². The van der Waals surface area contributed by atoms with Crippen LogP contribution in [0, 0.1) is 0 Å². The van der Waals surface area contributed by atoms with Crippen molar-refractivity contribution in [1.29, 1.82) is 0 Å². The van der Waals surface area contributed by atoms with Crippen LogP contribution in [-0.2, 0) is 4.74 Å². The maximum Gasteiger partial charge on any atom is 0.314 e. The van der Waals surface area contributed by atoms with E-state index in [0.29, 0.717) is 6.54 Å². The first-order chi connectivity index (χ1) is 4.74. The maximum atomic E-state index is 10.6. The molecule has 2 amide bonds. The normalized spacial score (nSPS) is 25.3. The van der Waals surface area contributed by atoms with Crippen molar-refractivity contribution in [2.45, 2.75) is 12.5 Å². The highest BCUT2D eigenvalue weighted by Crippen LogP contribution is 2.10. The van der Waals surface area contributed by atoms with Crippen LogP contribution in [0.25, 0.3) is 0 Å². The number of urea groups is 1. The maximum absolute atomic E-state index is 10.6. The van der Waals surface area contributed by atoms with E-state index in [1.807, 2.05) is 0 Å². The molecule has 0 radical (unpaired) electrons. The summed E-state index contributed by atoms with van der Waals surface area (Å²) < 4.78 is 5.04. The predicted molar refractivity (Wildman–Crippen MR) is 36.6 cm³/mol. The molecular formula is C6H12N2O2. The van der Waals surface area contributed by atoms with E-state index >= 15 is 0 Å². The van der Waals surface area contributed by atoms with Gasteiger partial charge >= 0.3 is 6.03 Å². The summed E-state index contributed by atoms with van der Waals surface area (Å²) in [5.74, 6) is 0. The summed E-state index contributed by atoms with van der Waals surface area (Å²) in [5.41, 5.74) is 5.05. The third-order valence-corrected chi connectivity index (χ3v) is 1.79. The van der Waals surface area contributed by atoms with Crippen LogP contribution < -0.4 is 5.73 Å². The second-order valence-corrected chi connectivity index (χ2v) is 2.43. The third-order valence-electron chi connectivity index (χ3n) is 1.79. The van der Waals surface area contributed by atoms with Crippen LogP contribution in [0.15, 0.2) is 0 Å². The summed E-state index contributed by atoms with van der Waals surface area (Å²) in [6.45, 7) is 1.37. The largest absolute Gasteiger partial charge is 0.380 e. The smallest absolute Gasteiger partial charge is 0.314 e. The molecule has 1 aliphatic rings. The summed E-state index contributed by atoms with van der Waals surface area (Å²) in [6.07, 6.45) is 1.09. The lowest BCUT2D eigenvalue weighted by atomic mass is 10.3. The molecular weight excluding hydrogens is 132 g/mol. The fourth-order valence-corrected chi connectivity index (χ4v) is 1.12. The Kier molecular flexibility index (Phi) is 2.11. The Morgan fingerprint density at radius 3 is 2.80 bits per heavy atom. The van der Waals surface area contributed by atoms with E-state index in [1.165, 1.54) is 0 Å². The zero-order chi connectivity index (χ0) is 7.56. The molecule has 58 valence electrons. The van der Waals surface area contributed by atoms with Gasteiger partial charge in [-0.25, -0.2) is 4.79 Å². The van der Waals surface area contributed by atoms with Crippen molar-refractivity contribution in [2.75, 3.05) is 20.2 Å². The van der Waals surface area contributed by atoms with Gasteiger partial charge in [-0.1, -0.05) is 0 Å². The number of nitrogens with zero attached hydrogens (tertiary/aromatic N) is 1. The summed E-state index contributed by atoms with van der Waals surface area (Å²) in [4.78, 5) is 12.1. The Morgan fingerprint density at radius 1 is 1.80 bits per heavy atom. The molecule has 1 rings (SSSR count). The van der Waals surface area contributed by atoms with Gasteiger partial charge in [-0.05, 0) is 6.42 Å². The van der Waals surface area contributed by atoms with Crippen LogP contribution in [0.5, 0.6) is 0 Å². The van der Waals surface area contributed by atoms with Gasteiger partial charge in [0.15, 0.2) is 0 Å². The molecule has 1 atom stereocenters. The van der Waals surface area contributed by atoms with E-state index in [1.54, 1.807) is 12.0 Å². The van der Waals surface area contributed by atoms with E-state index in [4.69, 9.17) is 10.5 Å². The lowest BCUT2D eigenvalue weighted by molar-refractivity contribution is 0.111. The SMILES string of the molecule is CO[C@H]1CCN(C(N)=O)C1. The lowest BCUT2D eigenvalue weighted by Crippen LogP contribution is -2.34. The van der Waals surface area contributed by atoms with Crippen LogP contribution in [0.4, 0.5) is 4.79 Å². The molecule has 10 heavy (non-hydrogen) atoms. The van der Waals surface area contributed by atoms with Gasteiger partial charge in [-0.15, -0.1) is 0 Å². The molecule has 0 aromatic rings. The Bertz CT molecular complexity index is 138. The average Bonchev–Trinajstić information content (AvgIpc) is 2.34. The highest BCUT2D eigenvalue weighted by atomic mass is 16.5. The van der Waals surface area contributed by atoms with Crippen molar-refractivity contribution in [1.82, 2.24) is 4.90 Å². The van der Waals surface area contributed by atoms with E-state index in [-0.39, 0.29) is 12.1 Å². The monoisotopic (exact) mass is 144 g/mol. The van der Waals surface area contributed by atoms with Gasteiger partial charge in [0.05, 0.1) is 6.10 Å². The molecule has 1 fully saturated rings. The summed E-state index contributed by atoms with van der Waals surface area (Å²) >= 11 is 0. The number of carbonyl (C=O) groups is 1. The molecule has 2 N–H and O–H groups in total. The van der Waals surface area contributed by atoms with Crippen molar-refractivity contribution in [3.8, 4) is 0 Å². The Hall–Kier alpha value is -0.770. The highest BCUT2D eigenvalue weighted by Gasteiger charge is 2.23. The molecule has 0 unspecified atom stereocenters. The van der Waals surface area contributed by atoms with E-state index in [2.05, 4.69) is 0 Å². The second kappa shape index (κ2) is 2.88. The van der Waals surface area contributed by atoms with Crippen LogP contribution >= 0.6 is 0 Å². The van der Waals surface area contributed by atoms with Crippen LogP contribution in [0.2, 0.25) is 0 Å². The van der Waals surface area contributed by atoms with Crippen LogP contribution in [0.1, 0.15) is 6.42 Å². The molecule has 1 heterocycles. The molecule has 0 aromatic heterocycles. The number of rotatable bonds is 1. The minimum Gasteiger partial charge on any atom is -0.380 e. The Labute approximate surface area is 59.9 Å². The van der Waals surface area contributed by atoms with E-state index < -0.39 is 0 Å².